The molecule has 0 fully saturated rings. The average Bonchev–Trinajstić information content (AvgIpc) is 2.79. The minimum atomic E-state index is -3.33. The van der Waals surface area contributed by atoms with Crippen LogP contribution in [0.15, 0.2) is 41.8 Å². The Balaban J connectivity index is 0. The molecule has 38 heavy (non-hydrogen) atoms. The van der Waals surface area contributed by atoms with Crippen LogP contribution in [-0.2, 0) is 19.7 Å². The molecule has 0 aromatic heterocycles. The van der Waals surface area contributed by atoms with Crippen LogP contribution in [0.1, 0.15) is 50.4 Å². The molecule has 2 aromatic carbocycles. The Kier molecular flexibility index (Phi) is 13.2. The molecule has 0 saturated heterocycles. The molecule has 2 rings (SSSR count). The first-order chi connectivity index (χ1) is 19.8. The van der Waals surface area contributed by atoms with Crippen molar-refractivity contribution in [3.8, 4) is 11.5 Å². The lowest BCUT2D eigenvalue weighted by atomic mass is 10.1. The van der Waals surface area contributed by atoms with Crippen molar-refractivity contribution in [2.24, 2.45) is 22.9 Å². The summed E-state index contributed by atoms with van der Waals surface area (Å²) in [6.07, 6.45) is 2.16. The normalized spacial score (nSPS) is 14.9. The third kappa shape index (κ3) is 17.0. The molecule has 0 aliphatic carbocycles. The molecule has 12 heteroatoms. The van der Waals surface area contributed by atoms with Gasteiger partial charge in [-0.15, -0.1) is 0 Å². The third-order valence-corrected chi connectivity index (χ3v) is 5.83. The van der Waals surface area contributed by atoms with Gasteiger partial charge in [-0.2, -0.15) is 0 Å². The van der Waals surface area contributed by atoms with Crippen molar-refractivity contribution >= 4 is 25.4 Å². The highest BCUT2D eigenvalue weighted by Crippen LogP contribution is 2.22. The van der Waals surface area contributed by atoms with Gasteiger partial charge in [0.2, 0.25) is 0 Å². The number of nitrogens with two attached hydrogens (primary N) is 4. The van der Waals surface area contributed by atoms with Gasteiger partial charge in [0.05, 0.1) is 39.2 Å². The van der Waals surface area contributed by atoms with Gasteiger partial charge in [0.15, 0.2) is 9.84 Å². The van der Waals surface area contributed by atoms with Crippen LogP contribution in [0.2, 0.25) is 0 Å². The SMILES string of the molecule is CCN.CCN.[2H]C([2H])([2H])Oc1ccc(/C(N)=C/S(C)(=O)=O)cc1C.[2H]C([2H])([2H])Oc1ccc([C@H](N)CS(C)(=O)=O)cc1C. The summed E-state index contributed by atoms with van der Waals surface area (Å²) in [4.78, 5) is 0. The van der Waals surface area contributed by atoms with E-state index in [4.69, 9.17) is 40.6 Å². The zero-order chi connectivity index (χ0) is 35.1. The van der Waals surface area contributed by atoms with Crippen molar-refractivity contribution in [2.45, 2.75) is 33.7 Å². The molecule has 0 aliphatic rings. The second-order valence-corrected chi connectivity index (χ2v) is 12.2. The molecule has 0 spiro atoms. The number of sulfone groups is 2. The number of hydrogen-bond donors (Lipinski definition) is 4. The second-order valence-electron chi connectivity index (χ2n) is 8.13. The first-order valence-corrected chi connectivity index (χ1v) is 15.4. The van der Waals surface area contributed by atoms with Crippen LogP contribution < -0.4 is 32.4 Å². The Hall–Kier alpha value is -2.64. The van der Waals surface area contributed by atoms with E-state index in [1.54, 1.807) is 32.0 Å². The number of benzene rings is 2. The van der Waals surface area contributed by atoms with Crippen molar-refractivity contribution in [1.82, 2.24) is 0 Å². The van der Waals surface area contributed by atoms with Gasteiger partial charge in [0.1, 0.15) is 21.3 Å². The molecular weight excluding hydrogens is 528 g/mol. The van der Waals surface area contributed by atoms with E-state index in [-0.39, 0.29) is 22.9 Å². The summed E-state index contributed by atoms with van der Waals surface area (Å²) < 4.78 is 96.3. The summed E-state index contributed by atoms with van der Waals surface area (Å²) in [7, 11) is -11.5. The van der Waals surface area contributed by atoms with Gasteiger partial charge in [0.25, 0.3) is 0 Å². The molecule has 0 aliphatic heterocycles. The number of methoxy groups -OCH3 is 2. The third-order valence-electron chi connectivity index (χ3n) is 4.18. The summed E-state index contributed by atoms with van der Waals surface area (Å²) in [6.45, 7) is 8.63. The molecule has 0 unspecified atom stereocenters. The van der Waals surface area contributed by atoms with Gasteiger partial charge in [-0.05, 0) is 73.5 Å². The van der Waals surface area contributed by atoms with Crippen LogP contribution in [0.4, 0.5) is 0 Å². The van der Waals surface area contributed by atoms with E-state index < -0.39 is 39.8 Å². The minimum Gasteiger partial charge on any atom is -0.496 e. The molecular formula is C26H46N4O6S2. The van der Waals surface area contributed by atoms with Crippen LogP contribution >= 0.6 is 0 Å². The monoisotopic (exact) mass is 580 g/mol. The summed E-state index contributed by atoms with van der Waals surface area (Å²) >= 11 is 0. The quantitative estimate of drug-likeness (QED) is 0.378. The van der Waals surface area contributed by atoms with E-state index in [9.17, 15) is 16.8 Å². The summed E-state index contributed by atoms with van der Waals surface area (Å²) in [5, 5.41) is 0.950. The number of rotatable bonds is 7. The lowest BCUT2D eigenvalue weighted by Gasteiger charge is -2.13. The van der Waals surface area contributed by atoms with E-state index in [1.165, 1.54) is 18.2 Å². The average molecular weight is 581 g/mol. The van der Waals surface area contributed by atoms with Gasteiger partial charge in [0, 0.05) is 18.6 Å². The molecule has 0 amide bonds. The molecule has 1 atom stereocenters. The smallest absolute Gasteiger partial charge is 0.170 e. The van der Waals surface area contributed by atoms with E-state index in [0.717, 1.165) is 31.0 Å². The van der Waals surface area contributed by atoms with Crippen LogP contribution in [0, 0.1) is 13.8 Å². The zero-order valence-electron chi connectivity index (χ0n) is 28.8. The maximum absolute atomic E-state index is 11.2. The van der Waals surface area contributed by atoms with E-state index >= 15 is 0 Å². The lowest BCUT2D eigenvalue weighted by Crippen LogP contribution is -2.20. The van der Waals surface area contributed by atoms with Crippen LogP contribution in [-0.4, -0.2) is 62.3 Å². The lowest BCUT2D eigenvalue weighted by molar-refractivity contribution is 0.411. The van der Waals surface area contributed by atoms with Gasteiger partial charge < -0.3 is 32.4 Å². The van der Waals surface area contributed by atoms with Crippen molar-refractivity contribution < 1.29 is 34.5 Å². The fourth-order valence-corrected chi connectivity index (χ4v) is 4.12. The van der Waals surface area contributed by atoms with Crippen molar-refractivity contribution in [3.05, 3.63) is 64.1 Å². The van der Waals surface area contributed by atoms with E-state index in [0.29, 0.717) is 22.3 Å². The fourth-order valence-electron chi connectivity index (χ4n) is 2.68. The molecule has 218 valence electrons. The molecule has 0 heterocycles. The maximum Gasteiger partial charge on any atom is 0.170 e. The maximum atomic E-state index is 11.2. The Morgan fingerprint density at radius 2 is 1.37 bits per heavy atom. The molecule has 8 N–H and O–H groups in total. The topological polar surface area (TPSA) is 191 Å². The number of ether oxygens (including phenoxy) is 2. The summed E-state index contributed by atoms with van der Waals surface area (Å²) in [5.41, 5.74) is 23.5. The second kappa shape index (κ2) is 18.6. The van der Waals surface area contributed by atoms with Gasteiger partial charge in [-0.3, -0.25) is 0 Å². The van der Waals surface area contributed by atoms with Crippen molar-refractivity contribution in [2.75, 3.05) is 45.4 Å². The standard InChI is InChI=1S/C11H17NO3S.C11H15NO3S.2C2H7N/c2*1-8-6-9(4-5-11(8)15-2)10(12)7-16(3,13)14;2*1-2-3/h4-6,10H,7,12H2,1-3H3;4-7H,12H2,1-3H3;2*2-3H2,1H3/b;10-7-;;/t10-;;;/m1.../s1/i2*2D3;;. The van der Waals surface area contributed by atoms with Crippen LogP contribution in [0.25, 0.3) is 5.70 Å². The highest BCUT2D eigenvalue weighted by atomic mass is 32.2. The molecule has 0 saturated carbocycles. The highest BCUT2D eigenvalue weighted by Gasteiger charge is 2.14. The zero-order valence-corrected chi connectivity index (χ0v) is 24.4. The number of hydrogen-bond acceptors (Lipinski definition) is 10. The Labute approximate surface area is 237 Å². The molecule has 2 aromatic rings. The van der Waals surface area contributed by atoms with Gasteiger partial charge in [-0.1, -0.05) is 26.0 Å². The largest absolute Gasteiger partial charge is 0.496 e. The Morgan fingerprint density at radius 3 is 1.74 bits per heavy atom. The van der Waals surface area contributed by atoms with Crippen LogP contribution in [0.3, 0.4) is 0 Å². The van der Waals surface area contributed by atoms with Crippen molar-refractivity contribution in [3.63, 3.8) is 0 Å². The van der Waals surface area contributed by atoms with Crippen molar-refractivity contribution in [1.29, 1.82) is 0 Å². The predicted molar refractivity (Wildman–Crippen MR) is 159 cm³/mol. The molecule has 0 bridgehead atoms. The predicted octanol–water partition coefficient (Wildman–Crippen LogP) is 2.28. The summed E-state index contributed by atoms with van der Waals surface area (Å²) in [6, 6.07) is 8.57. The Bertz CT molecular complexity index is 1410. The van der Waals surface area contributed by atoms with Gasteiger partial charge >= 0.3 is 0 Å². The minimum absolute atomic E-state index is 0.0889. The highest BCUT2D eigenvalue weighted by molar-refractivity contribution is 7.93. The van der Waals surface area contributed by atoms with E-state index in [2.05, 4.69) is 0 Å². The first-order valence-electron chi connectivity index (χ1n) is 14.4. The number of aryl methyl sites for hydroxylation is 2. The Morgan fingerprint density at radius 1 is 0.921 bits per heavy atom. The summed E-state index contributed by atoms with van der Waals surface area (Å²) in [5.74, 6) is 0.276. The van der Waals surface area contributed by atoms with Gasteiger partial charge in [-0.25, -0.2) is 16.8 Å². The van der Waals surface area contributed by atoms with Crippen LogP contribution in [0.5, 0.6) is 11.5 Å². The first kappa shape index (κ1) is 26.9. The molecule has 0 radical (unpaired) electrons. The fraction of sp³-hybridized carbons (Fsp3) is 0.462. The van der Waals surface area contributed by atoms with E-state index in [1.807, 2.05) is 13.8 Å². The molecule has 10 nitrogen and oxygen atoms in total.